The van der Waals surface area contributed by atoms with Crippen molar-refractivity contribution in [1.29, 1.82) is 0 Å². The average Bonchev–Trinajstić information content (AvgIpc) is 2.88. The Balaban J connectivity index is 1.75. The van der Waals surface area contributed by atoms with Crippen molar-refractivity contribution in [1.82, 2.24) is 9.55 Å². The molecule has 1 atom stereocenters. The Kier molecular flexibility index (Phi) is 5.77. The summed E-state index contributed by atoms with van der Waals surface area (Å²) in [6.07, 6.45) is 5.17. The van der Waals surface area contributed by atoms with Gasteiger partial charge in [-0.25, -0.2) is 4.98 Å². The molecule has 4 heteroatoms. The number of hydrogen-bond acceptors (Lipinski definition) is 3. The summed E-state index contributed by atoms with van der Waals surface area (Å²) < 4.78 is 7.55. The Morgan fingerprint density at radius 3 is 2.85 bits per heavy atom. The average molecular weight is 274 g/mol. The summed E-state index contributed by atoms with van der Waals surface area (Å²) in [5.41, 5.74) is 1.12. The molecule has 2 aromatic rings. The van der Waals surface area contributed by atoms with E-state index in [0.717, 1.165) is 24.2 Å². The molecule has 4 nitrogen and oxygen atoms in total. The number of hydrogen-bond donors (Lipinski definition) is 1. The highest BCUT2D eigenvalue weighted by molar-refractivity contribution is 5.13. The molecule has 0 saturated heterocycles. The first-order valence-corrected chi connectivity index (χ1v) is 7.09. The maximum Gasteiger partial charge on any atom is 0.108 e. The smallest absolute Gasteiger partial charge is 0.108 e. The molecule has 0 spiro atoms. The van der Waals surface area contributed by atoms with Crippen LogP contribution in [0.1, 0.15) is 24.7 Å². The van der Waals surface area contributed by atoms with Crippen LogP contribution in [0.2, 0.25) is 0 Å². The number of imidazole rings is 1. The summed E-state index contributed by atoms with van der Waals surface area (Å²) in [5, 5.41) is 10.0. The Morgan fingerprint density at radius 2 is 2.10 bits per heavy atom. The highest BCUT2D eigenvalue weighted by atomic mass is 16.5. The fraction of sp³-hybridized carbons (Fsp3) is 0.438. The predicted molar refractivity (Wildman–Crippen MR) is 78.3 cm³/mol. The van der Waals surface area contributed by atoms with Crippen LogP contribution in [0.4, 0.5) is 0 Å². The van der Waals surface area contributed by atoms with Crippen molar-refractivity contribution in [3.8, 4) is 0 Å². The number of ether oxygens (including phenoxy) is 1. The van der Waals surface area contributed by atoms with Gasteiger partial charge >= 0.3 is 0 Å². The second-order valence-electron chi connectivity index (χ2n) is 4.90. The minimum absolute atomic E-state index is 0.332. The minimum atomic E-state index is -0.511. The van der Waals surface area contributed by atoms with Crippen molar-refractivity contribution < 1.29 is 9.84 Å². The molecule has 2 rings (SSSR count). The number of rotatable bonds is 8. The molecule has 0 amide bonds. The zero-order valence-electron chi connectivity index (χ0n) is 11.9. The van der Waals surface area contributed by atoms with Gasteiger partial charge in [0.1, 0.15) is 5.82 Å². The predicted octanol–water partition coefficient (Wildman–Crippen LogP) is 2.41. The van der Waals surface area contributed by atoms with Crippen molar-refractivity contribution in [3.05, 3.63) is 54.1 Å². The highest BCUT2D eigenvalue weighted by Gasteiger charge is 2.08. The summed E-state index contributed by atoms with van der Waals surface area (Å²) in [4.78, 5) is 4.30. The Morgan fingerprint density at radius 1 is 1.30 bits per heavy atom. The van der Waals surface area contributed by atoms with E-state index < -0.39 is 6.10 Å². The largest absolute Gasteiger partial charge is 0.389 e. The summed E-state index contributed by atoms with van der Waals surface area (Å²) >= 11 is 0. The zero-order valence-corrected chi connectivity index (χ0v) is 11.9. The topological polar surface area (TPSA) is 47.3 Å². The maximum atomic E-state index is 10.0. The molecule has 0 radical (unpaired) electrons. The molecule has 108 valence electrons. The second-order valence-corrected chi connectivity index (χ2v) is 4.90. The van der Waals surface area contributed by atoms with E-state index in [0.29, 0.717) is 19.8 Å². The summed E-state index contributed by atoms with van der Waals surface area (Å²) in [7, 11) is 0. The highest BCUT2D eigenvalue weighted by Crippen LogP contribution is 2.05. The fourth-order valence-electron chi connectivity index (χ4n) is 2.12. The van der Waals surface area contributed by atoms with Crippen molar-refractivity contribution >= 4 is 0 Å². The Bertz CT molecular complexity index is 496. The molecular weight excluding hydrogens is 252 g/mol. The van der Waals surface area contributed by atoms with Gasteiger partial charge < -0.3 is 14.4 Å². The minimum Gasteiger partial charge on any atom is -0.389 e. The molecule has 1 aromatic carbocycles. The lowest BCUT2D eigenvalue weighted by molar-refractivity contribution is 0.0200. The number of aliphatic hydroxyl groups is 1. The van der Waals surface area contributed by atoms with E-state index in [1.165, 1.54) is 0 Å². The standard InChI is InChI=1S/C16H22N2O2/c1-2-6-16-17-9-10-18(16)11-15(19)13-20-12-14-7-4-3-5-8-14/h3-5,7-10,15,19H,2,6,11-13H2,1H3. The van der Waals surface area contributed by atoms with Crippen LogP contribution in [0.5, 0.6) is 0 Å². The van der Waals surface area contributed by atoms with Gasteiger partial charge in [0.05, 0.1) is 25.9 Å². The van der Waals surface area contributed by atoms with Crippen LogP contribution in [0, 0.1) is 0 Å². The van der Waals surface area contributed by atoms with E-state index in [2.05, 4.69) is 11.9 Å². The van der Waals surface area contributed by atoms with Crippen molar-refractivity contribution in [2.24, 2.45) is 0 Å². The molecule has 20 heavy (non-hydrogen) atoms. The van der Waals surface area contributed by atoms with Crippen molar-refractivity contribution in [2.75, 3.05) is 6.61 Å². The Labute approximate surface area is 120 Å². The van der Waals surface area contributed by atoms with Crippen LogP contribution in [-0.4, -0.2) is 27.4 Å². The molecule has 1 N–H and O–H groups in total. The zero-order chi connectivity index (χ0) is 14.2. The molecular formula is C16H22N2O2. The first-order valence-electron chi connectivity index (χ1n) is 7.09. The second kappa shape index (κ2) is 7.82. The lowest BCUT2D eigenvalue weighted by Gasteiger charge is -2.14. The molecule has 1 unspecified atom stereocenters. The van der Waals surface area contributed by atoms with E-state index in [1.807, 2.05) is 41.1 Å². The van der Waals surface area contributed by atoms with Crippen LogP contribution in [0.15, 0.2) is 42.7 Å². The lowest BCUT2D eigenvalue weighted by Crippen LogP contribution is -2.22. The van der Waals surface area contributed by atoms with Crippen LogP contribution in [-0.2, 0) is 24.3 Å². The van der Waals surface area contributed by atoms with E-state index >= 15 is 0 Å². The molecule has 0 bridgehead atoms. The van der Waals surface area contributed by atoms with E-state index in [-0.39, 0.29) is 0 Å². The SMILES string of the molecule is CCCc1nccn1CC(O)COCc1ccccc1. The maximum absolute atomic E-state index is 10.0. The number of aliphatic hydroxyl groups excluding tert-OH is 1. The van der Waals surface area contributed by atoms with Gasteiger partial charge in [-0.2, -0.15) is 0 Å². The monoisotopic (exact) mass is 274 g/mol. The molecule has 0 aliphatic carbocycles. The van der Waals surface area contributed by atoms with Crippen LogP contribution in [0.3, 0.4) is 0 Å². The fourth-order valence-corrected chi connectivity index (χ4v) is 2.12. The molecule has 1 heterocycles. The third-order valence-corrected chi connectivity index (χ3v) is 3.10. The van der Waals surface area contributed by atoms with Gasteiger partial charge in [0.25, 0.3) is 0 Å². The Hall–Kier alpha value is -1.65. The van der Waals surface area contributed by atoms with E-state index in [4.69, 9.17) is 4.74 Å². The normalized spacial score (nSPS) is 12.5. The molecule has 0 aliphatic heterocycles. The quantitative estimate of drug-likeness (QED) is 0.804. The van der Waals surface area contributed by atoms with Crippen LogP contribution >= 0.6 is 0 Å². The summed E-state index contributed by atoms with van der Waals surface area (Å²) in [6, 6.07) is 9.98. The lowest BCUT2D eigenvalue weighted by atomic mass is 10.2. The molecule has 1 aromatic heterocycles. The van der Waals surface area contributed by atoms with Gasteiger partial charge in [0.2, 0.25) is 0 Å². The van der Waals surface area contributed by atoms with Gasteiger partial charge in [-0.3, -0.25) is 0 Å². The molecule has 0 saturated carbocycles. The van der Waals surface area contributed by atoms with Crippen LogP contribution in [0.25, 0.3) is 0 Å². The first-order chi connectivity index (χ1) is 9.79. The van der Waals surface area contributed by atoms with Crippen molar-refractivity contribution in [2.45, 2.75) is 39.0 Å². The number of aromatic nitrogens is 2. The van der Waals surface area contributed by atoms with Gasteiger partial charge in [-0.15, -0.1) is 0 Å². The van der Waals surface area contributed by atoms with Gasteiger partial charge in [-0.05, 0) is 12.0 Å². The van der Waals surface area contributed by atoms with E-state index in [9.17, 15) is 5.11 Å². The number of aryl methyl sites for hydroxylation is 1. The van der Waals surface area contributed by atoms with Gasteiger partial charge in [0.15, 0.2) is 0 Å². The molecule has 0 aliphatic rings. The van der Waals surface area contributed by atoms with Crippen LogP contribution < -0.4 is 0 Å². The van der Waals surface area contributed by atoms with E-state index in [1.54, 1.807) is 6.20 Å². The molecule has 0 fully saturated rings. The summed E-state index contributed by atoms with van der Waals surface area (Å²) in [5.74, 6) is 1.02. The number of benzene rings is 1. The first kappa shape index (κ1) is 14.8. The third-order valence-electron chi connectivity index (χ3n) is 3.10. The van der Waals surface area contributed by atoms with Gasteiger partial charge in [0, 0.05) is 18.8 Å². The van der Waals surface area contributed by atoms with Crippen molar-refractivity contribution in [3.63, 3.8) is 0 Å². The third kappa shape index (κ3) is 4.47. The van der Waals surface area contributed by atoms with Gasteiger partial charge in [-0.1, -0.05) is 37.3 Å². The summed E-state index contributed by atoms with van der Waals surface area (Å²) in [6.45, 7) is 3.52. The number of nitrogens with zero attached hydrogens (tertiary/aromatic N) is 2.